The minimum Gasteiger partial charge on any atom is -0.198 e. The van der Waals surface area contributed by atoms with E-state index in [1.165, 1.54) is 11.1 Å². The predicted molar refractivity (Wildman–Crippen MR) is 64.2 cm³/mol. The maximum absolute atomic E-state index is 8.80. The third kappa shape index (κ3) is 2.31. The summed E-state index contributed by atoms with van der Waals surface area (Å²) in [4.78, 5) is 0. The first-order valence-corrected chi connectivity index (χ1v) is 5.64. The zero-order chi connectivity index (χ0) is 11.6. The third-order valence-electron chi connectivity index (χ3n) is 3.83. The van der Waals surface area contributed by atoms with Crippen molar-refractivity contribution in [3.63, 3.8) is 0 Å². The van der Waals surface area contributed by atoms with Gasteiger partial charge in [-0.05, 0) is 38.0 Å². The lowest BCUT2D eigenvalue weighted by Crippen LogP contribution is -2.22. The number of hydrogen-bond acceptors (Lipinski definition) is 1. The van der Waals surface area contributed by atoms with E-state index >= 15 is 0 Å². The van der Waals surface area contributed by atoms with E-state index in [0.717, 1.165) is 12.8 Å². The number of nitrogens with zero attached hydrogens (tertiary/aromatic N) is 1. The average Bonchev–Trinajstić information content (AvgIpc) is 2.41. The zero-order valence-electron chi connectivity index (χ0n) is 10.3. The fraction of sp³-hybridized carbons (Fsp3) is 0.643. The van der Waals surface area contributed by atoms with Crippen molar-refractivity contribution < 1.29 is 0 Å². The molecule has 0 aromatic heterocycles. The highest BCUT2D eigenvalue weighted by atomic mass is 14.4. The summed E-state index contributed by atoms with van der Waals surface area (Å²) in [7, 11) is 0. The van der Waals surface area contributed by atoms with E-state index in [0.29, 0.717) is 5.92 Å². The number of nitriles is 1. The van der Waals surface area contributed by atoms with Crippen LogP contribution in [0.3, 0.4) is 0 Å². The first-order chi connectivity index (χ1) is 6.89. The lowest BCUT2D eigenvalue weighted by atomic mass is 9.73. The minimum absolute atomic E-state index is 0.0919. The minimum atomic E-state index is 0.0919. The quantitative estimate of drug-likeness (QED) is 0.634. The van der Waals surface area contributed by atoms with E-state index in [-0.39, 0.29) is 11.3 Å². The van der Waals surface area contributed by atoms with Gasteiger partial charge in [0.15, 0.2) is 0 Å². The normalized spacial score (nSPS) is 25.5. The molecule has 0 aromatic carbocycles. The molecule has 0 saturated carbocycles. The van der Waals surface area contributed by atoms with Crippen LogP contribution in [-0.4, -0.2) is 0 Å². The van der Waals surface area contributed by atoms with Gasteiger partial charge in [0.05, 0.1) is 6.07 Å². The van der Waals surface area contributed by atoms with Crippen molar-refractivity contribution in [1.29, 1.82) is 5.26 Å². The van der Waals surface area contributed by atoms with Crippen molar-refractivity contribution in [2.45, 2.75) is 40.5 Å². The summed E-state index contributed by atoms with van der Waals surface area (Å²) in [5.74, 6) is 0.613. The fourth-order valence-corrected chi connectivity index (χ4v) is 2.39. The number of hydrogen-bond donors (Lipinski definition) is 0. The first-order valence-electron chi connectivity index (χ1n) is 5.64. The maximum Gasteiger partial charge on any atom is 0.0656 e. The Morgan fingerprint density at radius 3 is 2.73 bits per heavy atom. The summed E-state index contributed by atoms with van der Waals surface area (Å²) in [5, 5.41) is 8.80. The number of allylic oxidation sites excluding steroid dienone is 3. The molecule has 0 heterocycles. The Balaban J connectivity index is 2.69. The Kier molecular flexibility index (Phi) is 3.39. The Morgan fingerprint density at radius 2 is 2.33 bits per heavy atom. The molecule has 15 heavy (non-hydrogen) atoms. The van der Waals surface area contributed by atoms with Crippen LogP contribution in [0.1, 0.15) is 40.5 Å². The highest BCUT2D eigenvalue weighted by molar-refractivity contribution is 5.25. The van der Waals surface area contributed by atoms with Crippen LogP contribution in [0.2, 0.25) is 0 Å². The molecule has 0 radical (unpaired) electrons. The van der Waals surface area contributed by atoms with Crippen LogP contribution in [0.5, 0.6) is 0 Å². The van der Waals surface area contributed by atoms with Crippen molar-refractivity contribution in [2.24, 2.45) is 17.3 Å². The standard InChI is InChI=1S/C14H21N/c1-10(9-15)8-11(2)13-7-6-12(3)14(13,4)5/h6,10,13H,2,7-8H2,1,3-5H3/t10-,13+/m0/s1. The molecule has 2 atom stereocenters. The highest BCUT2D eigenvalue weighted by Crippen LogP contribution is 2.47. The van der Waals surface area contributed by atoms with E-state index < -0.39 is 0 Å². The molecule has 0 aromatic rings. The molecule has 0 amide bonds. The second kappa shape index (κ2) is 4.23. The van der Waals surface area contributed by atoms with Gasteiger partial charge in [0, 0.05) is 5.92 Å². The molecular weight excluding hydrogens is 182 g/mol. The molecule has 0 fully saturated rings. The first kappa shape index (κ1) is 12.0. The van der Waals surface area contributed by atoms with E-state index in [9.17, 15) is 0 Å². The largest absolute Gasteiger partial charge is 0.198 e. The summed E-state index contributed by atoms with van der Waals surface area (Å²) in [6, 6.07) is 2.28. The van der Waals surface area contributed by atoms with Crippen LogP contribution in [0, 0.1) is 28.6 Å². The molecule has 1 aliphatic rings. The lowest BCUT2D eigenvalue weighted by molar-refractivity contribution is 0.326. The molecule has 1 nitrogen and oxygen atoms in total. The Bertz CT molecular complexity index is 328. The topological polar surface area (TPSA) is 23.8 Å². The fourth-order valence-electron chi connectivity index (χ4n) is 2.39. The molecule has 0 spiro atoms. The van der Waals surface area contributed by atoms with Crippen LogP contribution in [0.15, 0.2) is 23.8 Å². The van der Waals surface area contributed by atoms with Gasteiger partial charge < -0.3 is 0 Å². The molecule has 1 rings (SSSR count). The summed E-state index contributed by atoms with van der Waals surface area (Å²) in [6.45, 7) is 12.9. The van der Waals surface area contributed by atoms with E-state index in [4.69, 9.17) is 5.26 Å². The Morgan fingerprint density at radius 1 is 1.73 bits per heavy atom. The summed E-state index contributed by atoms with van der Waals surface area (Å²) < 4.78 is 0. The van der Waals surface area contributed by atoms with Gasteiger partial charge in [-0.2, -0.15) is 5.26 Å². The van der Waals surface area contributed by atoms with Gasteiger partial charge in [-0.15, -0.1) is 0 Å². The summed E-state index contributed by atoms with van der Waals surface area (Å²) in [6.07, 6.45) is 4.24. The third-order valence-corrected chi connectivity index (χ3v) is 3.83. The Hall–Kier alpha value is -1.03. The molecular formula is C14H21N. The van der Waals surface area contributed by atoms with Crippen molar-refractivity contribution in [3.05, 3.63) is 23.8 Å². The van der Waals surface area contributed by atoms with Crippen LogP contribution >= 0.6 is 0 Å². The Labute approximate surface area is 93.5 Å². The van der Waals surface area contributed by atoms with Gasteiger partial charge >= 0.3 is 0 Å². The van der Waals surface area contributed by atoms with Gasteiger partial charge in [0.1, 0.15) is 0 Å². The molecule has 0 bridgehead atoms. The van der Waals surface area contributed by atoms with Crippen molar-refractivity contribution in [3.8, 4) is 6.07 Å². The highest BCUT2D eigenvalue weighted by Gasteiger charge is 2.36. The van der Waals surface area contributed by atoms with E-state index in [1.54, 1.807) is 0 Å². The number of rotatable bonds is 3. The molecule has 0 unspecified atom stereocenters. The molecule has 1 aliphatic carbocycles. The monoisotopic (exact) mass is 203 g/mol. The smallest absolute Gasteiger partial charge is 0.0656 e. The summed E-state index contributed by atoms with van der Waals surface area (Å²) in [5.41, 5.74) is 2.92. The molecule has 0 N–H and O–H groups in total. The molecule has 1 heteroatoms. The van der Waals surface area contributed by atoms with Gasteiger partial charge in [0.2, 0.25) is 0 Å². The SMILES string of the molecule is C=C(C[C@H](C)C#N)[C@H]1CC=C(C)C1(C)C. The second-order valence-corrected chi connectivity index (χ2v) is 5.29. The summed E-state index contributed by atoms with van der Waals surface area (Å²) >= 11 is 0. The van der Waals surface area contributed by atoms with Crippen molar-refractivity contribution >= 4 is 0 Å². The zero-order valence-corrected chi connectivity index (χ0v) is 10.3. The van der Waals surface area contributed by atoms with Crippen LogP contribution in [-0.2, 0) is 0 Å². The van der Waals surface area contributed by atoms with Crippen LogP contribution in [0.25, 0.3) is 0 Å². The molecule has 82 valence electrons. The maximum atomic E-state index is 8.80. The van der Waals surface area contributed by atoms with Crippen molar-refractivity contribution in [2.75, 3.05) is 0 Å². The van der Waals surface area contributed by atoms with Crippen LogP contribution < -0.4 is 0 Å². The molecule has 0 aliphatic heterocycles. The van der Waals surface area contributed by atoms with Crippen molar-refractivity contribution in [1.82, 2.24) is 0 Å². The predicted octanol–water partition coefficient (Wildman–Crippen LogP) is 4.08. The van der Waals surface area contributed by atoms with E-state index in [2.05, 4.69) is 39.5 Å². The average molecular weight is 203 g/mol. The van der Waals surface area contributed by atoms with Gasteiger partial charge in [0.25, 0.3) is 0 Å². The second-order valence-electron chi connectivity index (χ2n) is 5.29. The van der Waals surface area contributed by atoms with Gasteiger partial charge in [-0.3, -0.25) is 0 Å². The van der Waals surface area contributed by atoms with E-state index in [1.807, 2.05) is 6.92 Å². The van der Waals surface area contributed by atoms with Gasteiger partial charge in [-0.25, -0.2) is 0 Å². The van der Waals surface area contributed by atoms with Gasteiger partial charge in [-0.1, -0.05) is 37.6 Å². The molecule has 0 saturated heterocycles. The van der Waals surface area contributed by atoms with Crippen LogP contribution in [0.4, 0.5) is 0 Å². The lowest BCUT2D eigenvalue weighted by Gasteiger charge is -2.31.